The van der Waals surface area contributed by atoms with Crippen molar-refractivity contribution in [2.45, 2.75) is 38.9 Å². The van der Waals surface area contributed by atoms with Crippen LogP contribution in [0.4, 0.5) is 0 Å². The van der Waals surface area contributed by atoms with Crippen LogP contribution in [0.2, 0.25) is 0 Å². The number of hydrogen-bond acceptors (Lipinski definition) is 2. The van der Waals surface area contributed by atoms with Crippen molar-refractivity contribution >= 4 is 28.5 Å². The third-order valence-corrected chi connectivity index (χ3v) is 9.26. The number of halogens is 1. The molecule has 1 aliphatic rings. The Bertz CT molecular complexity index is 1760. The van der Waals surface area contributed by atoms with E-state index in [1.54, 1.807) is 0 Å². The molecule has 0 N–H and O–H groups in total. The minimum atomic E-state index is -0.374. The Labute approximate surface area is 282 Å². The molecule has 0 amide bonds. The third kappa shape index (κ3) is 7.26. The molecule has 46 heavy (non-hydrogen) atoms. The molecule has 228 valence electrons. The molecule has 0 bridgehead atoms. The van der Waals surface area contributed by atoms with E-state index >= 15 is 0 Å². The highest BCUT2D eigenvalue weighted by atomic mass is 79.9. The van der Waals surface area contributed by atoms with E-state index in [0.29, 0.717) is 0 Å². The molecule has 0 atom stereocenters. The van der Waals surface area contributed by atoms with Gasteiger partial charge in [0, 0.05) is 4.47 Å². The van der Waals surface area contributed by atoms with E-state index in [-0.39, 0.29) is 18.3 Å². The summed E-state index contributed by atoms with van der Waals surface area (Å²) in [5, 5.41) is 0. The van der Waals surface area contributed by atoms with Crippen molar-refractivity contribution in [1.82, 2.24) is 0 Å². The Kier molecular flexibility index (Phi) is 9.42. The zero-order valence-electron chi connectivity index (χ0n) is 26.8. The molecule has 0 aromatic heterocycles. The van der Waals surface area contributed by atoms with Gasteiger partial charge in [0.2, 0.25) is 0 Å². The van der Waals surface area contributed by atoms with Crippen molar-refractivity contribution < 1.29 is 9.31 Å². The monoisotopic (exact) mass is 664 g/mol. The molecule has 0 aliphatic carbocycles. The topological polar surface area (TPSA) is 18.5 Å². The molecule has 1 aliphatic heterocycles. The standard InChI is InChI=1S/C24H25BO2.C18H13Br/c1-23(2)24(3,4)27-25(26-23)22-16-20(18-11-7-5-8-12-18)15-21(17-22)19-13-9-6-10-14-19;19-18-12-16(14-7-3-1-4-8-14)11-17(13-18)15-9-5-2-6-10-15/h5-17H,1-4H3;1-13H. The SMILES string of the molecule is Brc1cc(-c2ccccc2)cc(-c2ccccc2)c1.CC1(C)OB(c2cc(-c3ccccc3)cc(-c3ccccc3)c2)OC1(C)C. The van der Waals surface area contributed by atoms with Gasteiger partial charge in [0.1, 0.15) is 0 Å². The molecular weight excluding hydrogens is 627 g/mol. The molecule has 0 unspecified atom stereocenters. The average Bonchev–Trinajstić information content (AvgIpc) is 3.32. The van der Waals surface area contributed by atoms with Crippen LogP contribution in [-0.4, -0.2) is 18.3 Å². The maximum atomic E-state index is 6.31. The van der Waals surface area contributed by atoms with Gasteiger partial charge in [0.15, 0.2) is 0 Å². The predicted molar refractivity (Wildman–Crippen MR) is 198 cm³/mol. The smallest absolute Gasteiger partial charge is 0.399 e. The van der Waals surface area contributed by atoms with Gasteiger partial charge < -0.3 is 9.31 Å². The normalized spacial score (nSPS) is 14.8. The molecule has 1 heterocycles. The van der Waals surface area contributed by atoms with Crippen LogP contribution < -0.4 is 5.46 Å². The van der Waals surface area contributed by atoms with Gasteiger partial charge >= 0.3 is 7.12 Å². The Hall–Kier alpha value is -4.22. The fourth-order valence-electron chi connectivity index (χ4n) is 5.55. The van der Waals surface area contributed by atoms with Gasteiger partial charge in [0.25, 0.3) is 0 Å². The lowest BCUT2D eigenvalue weighted by atomic mass is 9.76. The van der Waals surface area contributed by atoms with Crippen LogP contribution in [0.25, 0.3) is 44.5 Å². The minimum absolute atomic E-state index is 0.354. The molecule has 6 aromatic rings. The first kappa shape index (κ1) is 31.8. The molecule has 4 heteroatoms. The second kappa shape index (κ2) is 13.6. The van der Waals surface area contributed by atoms with Crippen LogP contribution in [0.1, 0.15) is 27.7 Å². The molecule has 7 rings (SSSR count). The predicted octanol–water partition coefficient (Wildman–Crippen LogP) is 11.1. The lowest BCUT2D eigenvalue weighted by molar-refractivity contribution is 0.00578. The summed E-state index contributed by atoms with van der Waals surface area (Å²) in [5.41, 5.74) is 9.99. The zero-order chi connectivity index (χ0) is 32.1. The van der Waals surface area contributed by atoms with Crippen LogP contribution in [0.15, 0.2) is 162 Å². The average molecular weight is 665 g/mol. The lowest BCUT2D eigenvalue weighted by Crippen LogP contribution is -2.41. The van der Waals surface area contributed by atoms with E-state index in [1.807, 2.05) is 24.3 Å². The highest BCUT2D eigenvalue weighted by Gasteiger charge is 2.51. The number of rotatable bonds is 5. The minimum Gasteiger partial charge on any atom is -0.399 e. The van der Waals surface area contributed by atoms with Gasteiger partial charge in [-0.1, -0.05) is 149 Å². The van der Waals surface area contributed by atoms with Crippen molar-refractivity contribution in [3.63, 3.8) is 0 Å². The Morgan fingerprint density at radius 1 is 0.391 bits per heavy atom. The Morgan fingerprint density at radius 3 is 0.978 bits per heavy atom. The molecule has 6 aromatic carbocycles. The summed E-state index contributed by atoms with van der Waals surface area (Å²) < 4.78 is 13.7. The van der Waals surface area contributed by atoms with Crippen molar-refractivity contribution in [2.24, 2.45) is 0 Å². The summed E-state index contributed by atoms with van der Waals surface area (Å²) in [6.45, 7) is 8.36. The first-order valence-electron chi connectivity index (χ1n) is 15.7. The van der Waals surface area contributed by atoms with Gasteiger partial charge in [0.05, 0.1) is 11.2 Å². The fourth-order valence-corrected chi connectivity index (χ4v) is 6.04. The van der Waals surface area contributed by atoms with Crippen LogP contribution in [0.3, 0.4) is 0 Å². The summed E-state index contributed by atoms with van der Waals surface area (Å²) in [4.78, 5) is 0. The Morgan fingerprint density at radius 2 is 0.674 bits per heavy atom. The van der Waals surface area contributed by atoms with Gasteiger partial charge in [-0.2, -0.15) is 0 Å². The molecular formula is C42H38BBrO2. The second-order valence-corrected chi connectivity index (χ2v) is 13.5. The molecule has 1 fully saturated rings. The van der Waals surface area contributed by atoms with Crippen LogP contribution in [0, 0.1) is 0 Å². The summed E-state index contributed by atoms with van der Waals surface area (Å²) in [6, 6.07) is 54.9. The molecule has 0 saturated carbocycles. The highest BCUT2D eigenvalue weighted by Crippen LogP contribution is 2.37. The molecule has 1 saturated heterocycles. The van der Waals surface area contributed by atoms with Gasteiger partial charge in [-0.25, -0.2) is 0 Å². The van der Waals surface area contributed by atoms with E-state index in [0.717, 1.165) is 9.94 Å². The fraction of sp³-hybridized carbons (Fsp3) is 0.143. The van der Waals surface area contributed by atoms with Crippen LogP contribution in [0.5, 0.6) is 0 Å². The van der Waals surface area contributed by atoms with E-state index in [9.17, 15) is 0 Å². The highest BCUT2D eigenvalue weighted by molar-refractivity contribution is 9.10. The maximum Gasteiger partial charge on any atom is 0.494 e. The van der Waals surface area contributed by atoms with Gasteiger partial charge in [-0.05, 0) is 102 Å². The maximum absolute atomic E-state index is 6.31. The third-order valence-electron chi connectivity index (χ3n) is 8.81. The second-order valence-electron chi connectivity index (χ2n) is 12.6. The van der Waals surface area contributed by atoms with E-state index in [4.69, 9.17) is 9.31 Å². The first-order chi connectivity index (χ1) is 22.2. The van der Waals surface area contributed by atoms with Crippen molar-refractivity contribution in [2.75, 3.05) is 0 Å². The van der Waals surface area contributed by atoms with Crippen LogP contribution >= 0.6 is 15.9 Å². The summed E-state index contributed by atoms with van der Waals surface area (Å²) in [6.07, 6.45) is 0. The summed E-state index contributed by atoms with van der Waals surface area (Å²) in [5.74, 6) is 0. The van der Waals surface area contributed by atoms with E-state index in [2.05, 4.69) is 177 Å². The van der Waals surface area contributed by atoms with Crippen molar-refractivity contribution in [1.29, 1.82) is 0 Å². The largest absolute Gasteiger partial charge is 0.494 e. The van der Waals surface area contributed by atoms with E-state index < -0.39 is 0 Å². The molecule has 0 spiro atoms. The summed E-state index contributed by atoms with van der Waals surface area (Å²) >= 11 is 3.61. The Balaban J connectivity index is 0.000000172. The van der Waals surface area contributed by atoms with Crippen molar-refractivity contribution in [3.05, 3.63) is 162 Å². The number of hydrogen-bond donors (Lipinski definition) is 0. The molecule has 0 radical (unpaired) electrons. The quantitative estimate of drug-likeness (QED) is 0.171. The summed E-state index contributed by atoms with van der Waals surface area (Å²) in [7, 11) is -0.374. The van der Waals surface area contributed by atoms with Gasteiger partial charge in [-0.3, -0.25) is 0 Å². The van der Waals surface area contributed by atoms with Crippen LogP contribution in [-0.2, 0) is 9.31 Å². The van der Waals surface area contributed by atoms with Gasteiger partial charge in [-0.15, -0.1) is 0 Å². The van der Waals surface area contributed by atoms with E-state index in [1.165, 1.54) is 44.5 Å². The zero-order valence-corrected chi connectivity index (χ0v) is 28.4. The first-order valence-corrected chi connectivity index (χ1v) is 16.5. The lowest BCUT2D eigenvalue weighted by Gasteiger charge is -2.32. The van der Waals surface area contributed by atoms with Crippen molar-refractivity contribution in [3.8, 4) is 44.5 Å². The number of benzene rings is 6. The molecule has 2 nitrogen and oxygen atoms in total.